The van der Waals surface area contributed by atoms with Crippen molar-refractivity contribution >= 4 is 5.95 Å². The maximum Gasteiger partial charge on any atom is 0.203 e. The molecule has 19 heavy (non-hydrogen) atoms. The maximum atomic E-state index is 4.55. The Morgan fingerprint density at radius 3 is 2.68 bits per heavy atom. The monoisotopic (exact) mass is 258 g/mol. The molecule has 0 aliphatic heterocycles. The Morgan fingerprint density at radius 1 is 1.26 bits per heavy atom. The van der Waals surface area contributed by atoms with E-state index in [2.05, 4.69) is 46.8 Å². The third kappa shape index (κ3) is 3.34. The summed E-state index contributed by atoms with van der Waals surface area (Å²) >= 11 is 0. The number of hydrogen-bond acceptors (Lipinski definition) is 3. The van der Waals surface area contributed by atoms with Gasteiger partial charge >= 0.3 is 0 Å². The first-order valence-corrected chi connectivity index (χ1v) is 6.78. The lowest BCUT2D eigenvalue weighted by Crippen LogP contribution is -2.15. The summed E-state index contributed by atoms with van der Waals surface area (Å²) in [5.74, 6) is 1.51. The Hall–Kier alpha value is -1.84. The first kappa shape index (κ1) is 13.6. The molecule has 1 atom stereocenters. The molecule has 0 radical (unpaired) electrons. The number of aryl methyl sites for hydroxylation is 1. The second kappa shape index (κ2) is 5.87. The number of rotatable bonds is 5. The van der Waals surface area contributed by atoms with E-state index in [-0.39, 0.29) is 6.04 Å². The fourth-order valence-electron chi connectivity index (χ4n) is 2.00. The molecule has 0 amide bonds. The largest absolute Gasteiger partial charge is 0.355 e. The molecule has 1 unspecified atom stereocenters. The van der Waals surface area contributed by atoms with Crippen molar-refractivity contribution in [3.05, 3.63) is 42.0 Å². The normalized spacial score (nSPS) is 12.7. The Kier molecular flexibility index (Phi) is 4.20. The quantitative estimate of drug-likeness (QED) is 0.895. The zero-order valence-corrected chi connectivity index (χ0v) is 12.1. The van der Waals surface area contributed by atoms with Gasteiger partial charge in [-0.15, -0.1) is 0 Å². The van der Waals surface area contributed by atoms with Crippen molar-refractivity contribution in [1.82, 2.24) is 14.5 Å². The van der Waals surface area contributed by atoms with Gasteiger partial charge in [0.25, 0.3) is 0 Å². The Morgan fingerprint density at radius 2 is 2.05 bits per heavy atom. The number of nitrogens with one attached hydrogen (secondary N) is 1. The van der Waals surface area contributed by atoms with E-state index in [1.54, 1.807) is 0 Å². The van der Waals surface area contributed by atoms with Crippen LogP contribution in [0, 0.1) is 12.8 Å². The van der Waals surface area contributed by atoms with Gasteiger partial charge in [0.2, 0.25) is 5.95 Å². The van der Waals surface area contributed by atoms with Crippen molar-refractivity contribution in [3.8, 4) is 0 Å². The van der Waals surface area contributed by atoms with E-state index in [9.17, 15) is 0 Å². The molecule has 2 rings (SSSR count). The molecule has 0 fully saturated rings. The fraction of sp³-hybridized carbons (Fsp3) is 0.467. The fourth-order valence-corrected chi connectivity index (χ4v) is 2.00. The summed E-state index contributed by atoms with van der Waals surface area (Å²) in [6.45, 7) is 9.46. The minimum Gasteiger partial charge on any atom is -0.355 e. The van der Waals surface area contributed by atoms with Gasteiger partial charge in [0.15, 0.2) is 0 Å². The summed E-state index contributed by atoms with van der Waals surface area (Å²) in [5, 5.41) is 3.41. The molecule has 2 aromatic rings. The van der Waals surface area contributed by atoms with E-state index >= 15 is 0 Å². The van der Waals surface area contributed by atoms with Crippen LogP contribution in [0.15, 0.2) is 30.6 Å². The van der Waals surface area contributed by atoms with E-state index in [0.717, 1.165) is 23.9 Å². The number of nitrogens with zero attached hydrogens (tertiary/aromatic N) is 3. The molecular weight excluding hydrogens is 236 g/mol. The molecule has 102 valence electrons. The smallest absolute Gasteiger partial charge is 0.203 e. The van der Waals surface area contributed by atoms with Crippen LogP contribution in [-0.2, 0) is 0 Å². The van der Waals surface area contributed by atoms with Crippen LogP contribution in [0.5, 0.6) is 0 Å². The molecular formula is C15H22N4. The van der Waals surface area contributed by atoms with Crippen LogP contribution >= 0.6 is 0 Å². The number of hydrogen-bond donors (Lipinski definition) is 1. The van der Waals surface area contributed by atoms with E-state index in [4.69, 9.17) is 0 Å². The average Bonchev–Trinajstić information content (AvgIpc) is 2.78. The first-order chi connectivity index (χ1) is 9.08. The maximum absolute atomic E-state index is 4.55. The molecule has 0 saturated heterocycles. The summed E-state index contributed by atoms with van der Waals surface area (Å²) < 4.78 is 2.15. The molecule has 4 heteroatoms. The Balaban J connectivity index is 2.24. The Bertz CT molecular complexity index is 516. The zero-order chi connectivity index (χ0) is 13.8. The van der Waals surface area contributed by atoms with Crippen LogP contribution in [0.25, 0.3) is 0 Å². The zero-order valence-electron chi connectivity index (χ0n) is 12.1. The van der Waals surface area contributed by atoms with Gasteiger partial charge in [-0.1, -0.05) is 19.9 Å². The number of imidazole rings is 1. The molecule has 0 spiro atoms. The molecule has 2 aromatic heterocycles. The van der Waals surface area contributed by atoms with Crippen LogP contribution in [0.4, 0.5) is 5.95 Å². The summed E-state index contributed by atoms with van der Waals surface area (Å²) in [5.41, 5.74) is 2.07. The minimum atomic E-state index is 0.178. The third-order valence-electron chi connectivity index (χ3n) is 3.05. The molecule has 0 aliphatic carbocycles. The SMILES string of the molecule is Cc1cn(C(C)c2ccccn2)c(NCC(C)C)n1. The highest BCUT2D eigenvalue weighted by Gasteiger charge is 2.14. The molecule has 4 nitrogen and oxygen atoms in total. The van der Waals surface area contributed by atoms with Gasteiger partial charge in [0, 0.05) is 18.9 Å². The first-order valence-electron chi connectivity index (χ1n) is 6.78. The van der Waals surface area contributed by atoms with Gasteiger partial charge in [0.1, 0.15) is 0 Å². The summed E-state index contributed by atoms with van der Waals surface area (Å²) in [6, 6.07) is 6.18. The number of aromatic nitrogens is 3. The van der Waals surface area contributed by atoms with Crippen LogP contribution in [0.2, 0.25) is 0 Å². The van der Waals surface area contributed by atoms with Crippen molar-refractivity contribution in [1.29, 1.82) is 0 Å². The summed E-state index contributed by atoms with van der Waals surface area (Å²) in [7, 11) is 0. The van der Waals surface area contributed by atoms with Gasteiger partial charge in [-0.3, -0.25) is 4.98 Å². The number of pyridine rings is 1. The van der Waals surface area contributed by atoms with Gasteiger partial charge in [-0.25, -0.2) is 4.98 Å². The van der Waals surface area contributed by atoms with Crippen molar-refractivity contribution < 1.29 is 0 Å². The van der Waals surface area contributed by atoms with Crippen molar-refractivity contribution in [2.24, 2.45) is 5.92 Å². The molecule has 2 heterocycles. The molecule has 0 bridgehead atoms. The van der Waals surface area contributed by atoms with E-state index < -0.39 is 0 Å². The van der Waals surface area contributed by atoms with Crippen LogP contribution < -0.4 is 5.32 Å². The van der Waals surface area contributed by atoms with Crippen molar-refractivity contribution in [3.63, 3.8) is 0 Å². The van der Waals surface area contributed by atoms with Gasteiger partial charge in [-0.2, -0.15) is 0 Å². The minimum absolute atomic E-state index is 0.178. The van der Waals surface area contributed by atoms with Crippen molar-refractivity contribution in [2.45, 2.75) is 33.7 Å². The highest BCUT2D eigenvalue weighted by Crippen LogP contribution is 2.21. The average molecular weight is 258 g/mol. The summed E-state index contributed by atoms with van der Waals surface area (Å²) in [6.07, 6.45) is 3.90. The second-order valence-corrected chi connectivity index (χ2v) is 5.32. The molecule has 0 aliphatic rings. The van der Waals surface area contributed by atoms with Crippen LogP contribution in [0.3, 0.4) is 0 Å². The standard InChI is InChI=1S/C15H22N4/c1-11(2)9-17-15-18-12(3)10-19(15)13(4)14-7-5-6-8-16-14/h5-8,10-11,13H,9H2,1-4H3,(H,17,18). The predicted octanol–water partition coefficient (Wildman–Crippen LogP) is 3.26. The number of anilines is 1. The lowest BCUT2D eigenvalue weighted by atomic mass is 10.2. The highest BCUT2D eigenvalue weighted by atomic mass is 15.2. The van der Waals surface area contributed by atoms with Crippen molar-refractivity contribution in [2.75, 3.05) is 11.9 Å². The predicted molar refractivity (Wildman–Crippen MR) is 78.3 cm³/mol. The second-order valence-electron chi connectivity index (χ2n) is 5.32. The van der Waals surface area contributed by atoms with E-state index in [1.807, 2.05) is 31.3 Å². The van der Waals surface area contributed by atoms with Gasteiger partial charge in [0.05, 0.1) is 17.4 Å². The molecule has 0 saturated carbocycles. The topological polar surface area (TPSA) is 42.7 Å². The lowest BCUT2D eigenvalue weighted by molar-refractivity contribution is 0.614. The van der Waals surface area contributed by atoms with Gasteiger partial charge in [-0.05, 0) is 31.9 Å². The highest BCUT2D eigenvalue weighted by molar-refractivity contribution is 5.31. The molecule has 1 N–H and O–H groups in total. The van der Waals surface area contributed by atoms with E-state index in [1.165, 1.54) is 0 Å². The third-order valence-corrected chi connectivity index (χ3v) is 3.05. The van der Waals surface area contributed by atoms with Crippen LogP contribution in [0.1, 0.15) is 38.2 Å². The van der Waals surface area contributed by atoms with E-state index in [0.29, 0.717) is 5.92 Å². The molecule has 0 aromatic carbocycles. The summed E-state index contributed by atoms with van der Waals surface area (Å²) in [4.78, 5) is 8.98. The van der Waals surface area contributed by atoms with Crippen LogP contribution in [-0.4, -0.2) is 21.1 Å². The van der Waals surface area contributed by atoms with Gasteiger partial charge < -0.3 is 9.88 Å². The lowest BCUT2D eigenvalue weighted by Gasteiger charge is -2.17. The Labute approximate surface area is 114 Å².